The molecule has 0 aromatic rings. The molecule has 2 aliphatic rings. The van der Waals surface area contributed by atoms with Crippen molar-refractivity contribution in [3.8, 4) is 0 Å². The zero-order chi connectivity index (χ0) is 8.98. The van der Waals surface area contributed by atoms with Crippen molar-refractivity contribution in [1.29, 1.82) is 0 Å². The third kappa shape index (κ3) is 0.701. The highest BCUT2D eigenvalue weighted by atomic mass is 14.8. The Morgan fingerprint density at radius 2 is 2.00 bits per heavy atom. The van der Waals surface area contributed by atoms with Crippen LogP contribution >= 0.6 is 0 Å². The van der Waals surface area contributed by atoms with Crippen LogP contribution in [0.15, 0.2) is 0 Å². The first kappa shape index (κ1) is 8.59. The van der Waals surface area contributed by atoms with E-state index in [-0.39, 0.29) is 0 Å². The molecule has 0 aromatic heterocycles. The molecule has 0 nitrogen and oxygen atoms in total. The molecule has 0 heteroatoms. The molecular weight excluding hydrogens is 144 g/mol. The minimum absolute atomic E-state index is 0.725. The van der Waals surface area contributed by atoms with Crippen LogP contribution in [0.4, 0.5) is 0 Å². The summed E-state index contributed by atoms with van der Waals surface area (Å²) in [6.07, 6.45) is 5.82. The second-order valence-electron chi connectivity index (χ2n) is 5.48. The van der Waals surface area contributed by atoms with Crippen LogP contribution in [-0.2, 0) is 0 Å². The highest BCUT2D eigenvalue weighted by Crippen LogP contribution is 2.80. The Balaban J connectivity index is 2.15. The molecule has 2 saturated carbocycles. The van der Waals surface area contributed by atoms with Gasteiger partial charge in [0.2, 0.25) is 0 Å². The van der Waals surface area contributed by atoms with Crippen molar-refractivity contribution < 1.29 is 0 Å². The summed E-state index contributed by atoms with van der Waals surface area (Å²) < 4.78 is 0. The molecule has 2 rings (SSSR count). The van der Waals surface area contributed by atoms with Gasteiger partial charge in [0.1, 0.15) is 0 Å². The standard InChI is InChI=1S/C12H22/c1-5-6-10-11(3)8-7-9(2)12(10,11)4/h9-10H,5-8H2,1-4H3. The fraction of sp³-hybridized carbons (Fsp3) is 1.00. The van der Waals surface area contributed by atoms with Gasteiger partial charge in [-0.2, -0.15) is 0 Å². The lowest BCUT2D eigenvalue weighted by atomic mass is 9.89. The molecule has 0 radical (unpaired) electrons. The quantitative estimate of drug-likeness (QED) is 0.584. The highest BCUT2D eigenvalue weighted by molar-refractivity contribution is 5.22. The monoisotopic (exact) mass is 166 g/mol. The summed E-state index contributed by atoms with van der Waals surface area (Å²) in [7, 11) is 0. The second-order valence-corrected chi connectivity index (χ2v) is 5.48. The van der Waals surface area contributed by atoms with E-state index < -0.39 is 0 Å². The van der Waals surface area contributed by atoms with Crippen LogP contribution < -0.4 is 0 Å². The number of hydrogen-bond acceptors (Lipinski definition) is 0. The van der Waals surface area contributed by atoms with Gasteiger partial charge in [-0.05, 0) is 41.9 Å². The molecular formula is C12H22. The first-order valence-electron chi connectivity index (χ1n) is 5.57. The van der Waals surface area contributed by atoms with Crippen LogP contribution in [0.25, 0.3) is 0 Å². The molecule has 70 valence electrons. The molecule has 12 heavy (non-hydrogen) atoms. The van der Waals surface area contributed by atoms with Gasteiger partial charge in [-0.1, -0.05) is 34.1 Å². The summed E-state index contributed by atoms with van der Waals surface area (Å²) in [5, 5.41) is 0. The predicted octanol–water partition coefficient (Wildman–Crippen LogP) is 3.86. The Kier molecular flexibility index (Phi) is 1.63. The van der Waals surface area contributed by atoms with Crippen molar-refractivity contribution in [2.24, 2.45) is 22.7 Å². The Morgan fingerprint density at radius 3 is 2.42 bits per heavy atom. The van der Waals surface area contributed by atoms with Crippen molar-refractivity contribution in [3.63, 3.8) is 0 Å². The first-order valence-corrected chi connectivity index (χ1v) is 5.57. The third-order valence-corrected chi connectivity index (χ3v) is 5.34. The molecule has 0 heterocycles. The first-order chi connectivity index (χ1) is 5.57. The fourth-order valence-electron chi connectivity index (χ4n) is 4.09. The molecule has 2 aliphatic carbocycles. The average Bonchev–Trinajstić information content (AvgIpc) is 2.39. The van der Waals surface area contributed by atoms with Gasteiger partial charge in [-0.15, -0.1) is 0 Å². The molecule has 0 saturated heterocycles. The van der Waals surface area contributed by atoms with Gasteiger partial charge in [0.05, 0.1) is 0 Å². The van der Waals surface area contributed by atoms with Crippen LogP contribution in [0.1, 0.15) is 53.4 Å². The molecule has 2 fully saturated rings. The minimum Gasteiger partial charge on any atom is -0.0654 e. The van der Waals surface area contributed by atoms with E-state index in [4.69, 9.17) is 0 Å². The number of fused-ring (bicyclic) bond motifs is 1. The smallest absolute Gasteiger partial charge is 0.0210 e. The summed E-state index contributed by atoms with van der Waals surface area (Å²) in [6.45, 7) is 9.84. The van der Waals surface area contributed by atoms with Gasteiger partial charge in [0, 0.05) is 0 Å². The lowest BCUT2D eigenvalue weighted by Gasteiger charge is -2.16. The normalized spacial score (nSPS) is 57.0. The van der Waals surface area contributed by atoms with Crippen molar-refractivity contribution in [2.75, 3.05) is 0 Å². The summed E-state index contributed by atoms with van der Waals surface area (Å²) in [5.41, 5.74) is 1.46. The molecule has 4 unspecified atom stereocenters. The maximum atomic E-state index is 2.53. The van der Waals surface area contributed by atoms with Gasteiger partial charge >= 0.3 is 0 Å². The summed E-state index contributed by atoms with van der Waals surface area (Å²) in [5.74, 6) is 2.04. The number of rotatable bonds is 2. The van der Waals surface area contributed by atoms with E-state index in [1.54, 1.807) is 0 Å². The maximum Gasteiger partial charge on any atom is -0.0210 e. The van der Waals surface area contributed by atoms with E-state index in [0.717, 1.165) is 22.7 Å². The van der Waals surface area contributed by atoms with E-state index in [1.807, 2.05) is 0 Å². The molecule has 0 aromatic carbocycles. The van der Waals surface area contributed by atoms with E-state index in [2.05, 4.69) is 27.7 Å². The number of hydrogen-bond donors (Lipinski definition) is 0. The lowest BCUT2D eigenvalue weighted by Crippen LogP contribution is -2.08. The molecule has 0 spiro atoms. The molecule has 0 aliphatic heterocycles. The van der Waals surface area contributed by atoms with Crippen LogP contribution in [0.2, 0.25) is 0 Å². The van der Waals surface area contributed by atoms with E-state index in [9.17, 15) is 0 Å². The Morgan fingerprint density at radius 1 is 1.33 bits per heavy atom. The molecule has 0 bridgehead atoms. The SMILES string of the molecule is CCCC1C2(C)CCC(C)C12C. The van der Waals surface area contributed by atoms with E-state index in [1.165, 1.54) is 25.7 Å². The van der Waals surface area contributed by atoms with E-state index >= 15 is 0 Å². The largest absolute Gasteiger partial charge is 0.0654 e. The van der Waals surface area contributed by atoms with Crippen LogP contribution in [0.3, 0.4) is 0 Å². The van der Waals surface area contributed by atoms with Gasteiger partial charge in [-0.3, -0.25) is 0 Å². The van der Waals surface area contributed by atoms with Crippen molar-refractivity contribution in [2.45, 2.75) is 53.4 Å². The molecule has 0 N–H and O–H groups in total. The van der Waals surface area contributed by atoms with Crippen molar-refractivity contribution in [3.05, 3.63) is 0 Å². The third-order valence-electron chi connectivity index (χ3n) is 5.34. The topological polar surface area (TPSA) is 0 Å². The van der Waals surface area contributed by atoms with Crippen LogP contribution in [0, 0.1) is 22.7 Å². The Hall–Kier alpha value is 0. The van der Waals surface area contributed by atoms with E-state index in [0.29, 0.717) is 0 Å². The second kappa shape index (κ2) is 2.27. The van der Waals surface area contributed by atoms with Crippen molar-refractivity contribution >= 4 is 0 Å². The molecule has 4 atom stereocenters. The van der Waals surface area contributed by atoms with Gasteiger partial charge in [0.25, 0.3) is 0 Å². The summed E-state index contributed by atoms with van der Waals surface area (Å²) >= 11 is 0. The fourth-order valence-corrected chi connectivity index (χ4v) is 4.09. The van der Waals surface area contributed by atoms with Gasteiger partial charge < -0.3 is 0 Å². The summed E-state index contributed by atoms with van der Waals surface area (Å²) in [6, 6.07) is 0. The predicted molar refractivity (Wildman–Crippen MR) is 53.0 cm³/mol. The molecule has 0 amide bonds. The van der Waals surface area contributed by atoms with Crippen LogP contribution in [-0.4, -0.2) is 0 Å². The Labute approximate surface area is 76.7 Å². The zero-order valence-corrected chi connectivity index (χ0v) is 8.98. The summed E-state index contributed by atoms with van der Waals surface area (Å²) in [4.78, 5) is 0. The average molecular weight is 166 g/mol. The van der Waals surface area contributed by atoms with Crippen LogP contribution in [0.5, 0.6) is 0 Å². The Bertz CT molecular complexity index is 196. The van der Waals surface area contributed by atoms with Crippen molar-refractivity contribution in [1.82, 2.24) is 0 Å². The maximum absolute atomic E-state index is 2.53. The lowest BCUT2D eigenvalue weighted by molar-refractivity contribution is 0.333. The highest BCUT2D eigenvalue weighted by Gasteiger charge is 2.73. The van der Waals surface area contributed by atoms with Gasteiger partial charge in [-0.25, -0.2) is 0 Å². The van der Waals surface area contributed by atoms with Gasteiger partial charge in [0.15, 0.2) is 0 Å². The zero-order valence-electron chi connectivity index (χ0n) is 8.98. The minimum atomic E-state index is 0.725.